The zero-order valence-electron chi connectivity index (χ0n) is 19.0. The van der Waals surface area contributed by atoms with Crippen molar-refractivity contribution < 1.29 is 19.1 Å². The van der Waals surface area contributed by atoms with Crippen molar-refractivity contribution in [3.63, 3.8) is 0 Å². The summed E-state index contributed by atoms with van der Waals surface area (Å²) in [6.45, 7) is 0.406. The number of methoxy groups -OCH3 is 1. The Morgan fingerprint density at radius 2 is 1.86 bits per heavy atom. The lowest BCUT2D eigenvalue weighted by molar-refractivity contribution is -0.118. The van der Waals surface area contributed by atoms with Crippen molar-refractivity contribution in [1.29, 1.82) is 0 Å². The highest BCUT2D eigenvalue weighted by atomic mass is 16.5. The number of nitrogens with zero attached hydrogens (tertiary/aromatic N) is 2. The topological polar surface area (TPSA) is 118 Å². The number of para-hydroxylation sites is 3. The lowest BCUT2D eigenvalue weighted by Gasteiger charge is -2.12. The van der Waals surface area contributed by atoms with Crippen molar-refractivity contribution in [2.75, 3.05) is 25.6 Å². The van der Waals surface area contributed by atoms with Crippen LogP contribution in [-0.4, -0.2) is 47.0 Å². The molecule has 9 heteroatoms. The lowest BCUT2D eigenvalue weighted by Crippen LogP contribution is -2.31. The van der Waals surface area contributed by atoms with Gasteiger partial charge in [0, 0.05) is 24.9 Å². The summed E-state index contributed by atoms with van der Waals surface area (Å²) in [4.78, 5) is 37.0. The molecular weight excluding hydrogens is 446 g/mol. The fourth-order valence-electron chi connectivity index (χ4n) is 3.92. The molecule has 4 aromatic rings. The van der Waals surface area contributed by atoms with E-state index in [2.05, 4.69) is 25.6 Å². The van der Waals surface area contributed by atoms with Crippen LogP contribution < -0.4 is 20.1 Å². The van der Waals surface area contributed by atoms with Gasteiger partial charge in [0.1, 0.15) is 11.5 Å². The minimum atomic E-state index is -0.325. The summed E-state index contributed by atoms with van der Waals surface area (Å²) in [7, 11) is 1.54. The van der Waals surface area contributed by atoms with Gasteiger partial charge in [-0.05, 0) is 36.4 Å². The highest BCUT2D eigenvalue weighted by molar-refractivity contribution is 5.97. The quantitative estimate of drug-likeness (QED) is 0.382. The van der Waals surface area contributed by atoms with E-state index in [-0.39, 0.29) is 18.4 Å². The summed E-state index contributed by atoms with van der Waals surface area (Å²) in [6.07, 6.45) is 2.40. The van der Waals surface area contributed by atoms with Gasteiger partial charge in [0.05, 0.1) is 35.3 Å². The predicted octanol–water partition coefficient (Wildman–Crippen LogP) is 3.45. The molecule has 2 aromatic heterocycles. The first kappa shape index (κ1) is 22.1. The number of carbonyl (C=O) groups is 2. The average molecular weight is 470 g/mol. The Labute approximate surface area is 201 Å². The van der Waals surface area contributed by atoms with Crippen LogP contribution in [0.25, 0.3) is 22.8 Å². The molecule has 0 aliphatic carbocycles. The van der Waals surface area contributed by atoms with Crippen LogP contribution in [0, 0.1) is 0 Å². The van der Waals surface area contributed by atoms with Crippen molar-refractivity contribution in [3.8, 4) is 34.3 Å². The van der Waals surface area contributed by atoms with Crippen molar-refractivity contribution in [1.82, 2.24) is 20.3 Å². The highest BCUT2D eigenvalue weighted by Gasteiger charge is 2.21. The largest absolute Gasteiger partial charge is 0.495 e. The lowest BCUT2D eigenvalue weighted by atomic mass is 10.1. The molecule has 1 aliphatic rings. The number of amides is 2. The molecule has 0 saturated carbocycles. The molecule has 2 amide bonds. The van der Waals surface area contributed by atoms with E-state index in [1.165, 1.54) is 0 Å². The number of hydrogen-bond donors (Lipinski definition) is 3. The molecule has 0 fully saturated rings. The molecule has 3 N–H and O–H groups in total. The Hall–Kier alpha value is -4.66. The highest BCUT2D eigenvalue weighted by Crippen LogP contribution is 2.30. The van der Waals surface area contributed by atoms with Gasteiger partial charge in [-0.3, -0.25) is 9.59 Å². The van der Waals surface area contributed by atoms with E-state index in [0.29, 0.717) is 46.4 Å². The van der Waals surface area contributed by atoms with Gasteiger partial charge in [0.2, 0.25) is 0 Å². The van der Waals surface area contributed by atoms with Crippen LogP contribution in [0.15, 0.2) is 66.9 Å². The van der Waals surface area contributed by atoms with Gasteiger partial charge in [-0.25, -0.2) is 9.97 Å². The first-order valence-electron chi connectivity index (χ1n) is 11.1. The number of anilines is 1. The summed E-state index contributed by atoms with van der Waals surface area (Å²) >= 11 is 0. The minimum absolute atomic E-state index is 0.0897. The molecule has 35 heavy (non-hydrogen) atoms. The summed E-state index contributed by atoms with van der Waals surface area (Å²) in [5.41, 5.74) is 4.14. The van der Waals surface area contributed by atoms with Crippen molar-refractivity contribution in [2.24, 2.45) is 0 Å². The van der Waals surface area contributed by atoms with E-state index in [0.717, 1.165) is 17.8 Å². The van der Waals surface area contributed by atoms with E-state index in [1.807, 2.05) is 30.3 Å². The van der Waals surface area contributed by atoms with Crippen molar-refractivity contribution >= 4 is 17.5 Å². The molecular formula is C26H23N5O4. The van der Waals surface area contributed by atoms with Crippen LogP contribution in [0.1, 0.15) is 16.1 Å². The summed E-state index contributed by atoms with van der Waals surface area (Å²) in [5, 5.41) is 5.64. The molecule has 0 radical (unpaired) electrons. The zero-order valence-corrected chi connectivity index (χ0v) is 19.0. The van der Waals surface area contributed by atoms with E-state index in [4.69, 9.17) is 9.47 Å². The number of nitrogens with one attached hydrogen (secondary N) is 3. The second-order valence-electron chi connectivity index (χ2n) is 7.88. The summed E-state index contributed by atoms with van der Waals surface area (Å²) < 4.78 is 11.1. The molecule has 2 aromatic carbocycles. The smallest absolute Gasteiger partial charge is 0.262 e. The summed E-state index contributed by atoms with van der Waals surface area (Å²) in [5.74, 6) is 1.07. The molecule has 0 saturated heterocycles. The van der Waals surface area contributed by atoms with Crippen LogP contribution >= 0.6 is 0 Å². The van der Waals surface area contributed by atoms with Crippen LogP contribution in [0.4, 0.5) is 5.69 Å². The molecule has 5 rings (SSSR count). The first-order valence-corrected chi connectivity index (χ1v) is 11.1. The number of benzene rings is 2. The Morgan fingerprint density at radius 1 is 1.06 bits per heavy atom. The Morgan fingerprint density at radius 3 is 2.69 bits per heavy atom. The Balaban J connectivity index is 1.35. The monoisotopic (exact) mass is 469 g/mol. The van der Waals surface area contributed by atoms with Crippen LogP contribution in [0.5, 0.6) is 11.5 Å². The SMILES string of the molecule is COc1ccccc1NC(=O)COc1ccccc1-c1nccc(-c2cc3c([nH]2)CCNC3=O)n1. The second kappa shape index (κ2) is 9.68. The maximum absolute atomic E-state index is 12.5. The number of aromatic amines is 1. The molecule has 0 spiro atoms. The van der Waals surface area contributed by atoms with Crippen molar-refractivity contribution in [2.45, 2.75) is 6.42 Å². The first-order chi connectivity index (χ1) is 17.1. The number of fused-ring (bicyclic) bond motifs is 1. The molecule has 3 heterocycles. The third-order valence-electron chi connectivity index (χ3n) is 5.60. The normalized spacial score (nSPS) is 12.4. The predicted molar refractivity (Wildman–Crippen MR) is 130 cm³/mol. The van der Waals surface area contributed by atoms with Crippen LogP contribution in [0.3, 0.4) is 0 Å². The van der Waals surface area contributed by atoms with Gasteiger partial charge in [-0.2, -0.15) is 0 Å². The Kier molecular flexibility index (Phi) is 6.13. The maximum Gasteiger partial charge on any atom is 0.262 e. The molecule has 9 nitrogen and oxygen atoms in total. The van der Waals surface area contributed by atoms with E-state index in [1.54, 1.807) is 43.6 Å². The Bertz CT molecular complexity index is 1400. The van der Waals surface area contributed by atoms with E-state index in [9.17, 15) is 9.59 Å². The van der Waals surface area contributed by atoms with E-state index >= 15 is 0 Å². The molecule has 0 unspecified atom stereocenters. The fraction of sp³-hybridized carbons (Fsp3) is 0.154. The van der Waals surface area contributed by atoms with Crippen LogP contribution in [0.2, 0.25) is 0 Å². The average Bonchev–Trinajstić information content (AvgIpc) is 3.34. The molecule has 1 aliphatic heterocycles. The van der Waals surface area contributed by atoms with Gasteiger partial charge in [-0.15, -0.1) is 0 Å². The number of H-pyrrole nitrogens is 1. The number of rotatable bonds is 7. The number of carbonyl (C=O) groups excluding carboxylic acids is 2. The molecule has 0 bridgehead atoms. The third kappa shape index (κ3) is 4.70. The minimum Gasteiger partial charge on any atom is -0.495 e. The van der Waals surface area contributed by atoms with Gasteiger partial charge >= 0.3 is 0 Å². The summed E-state index contributed by atoms with van der Waals surface area (Å²) in [6, 6.07) is 18.0. The fourth-order valence-corrected chi connectivity index (χ4v) is 3.92. The third-order valence-corrected chi connectivity index (χ3v) is 5.60. The van der Waals surface area contributed by atoms with Gasteiger partial charge in [0.15, 0.2) is 12.4 Å². The standard InChI is InChI=1S/C26H23N5O4/c1-34-23-9-5-3-7-20(23)30-24(32)15-35-22-8-4-2-6-16(22)25-27-12-11-19(31-25)21-14-17-18(29-21)10-13-28-26(17)33/h2-9,11-12,14,29H,10,13,15H2,1H3,(H,28,33)(H,30,32). The maximum atomic E-state index is 12.5. The number of aromatic nitrogens is 3. The molecule has 176 valence electrons. The zero-order chi connectivity index (χ0) is 24.2. The van der Waals surface area contributed by atoms with E-state index < -0.39 is 0 Å². The number of ether oxygens (including phenoxy) is 2. The molecule has 0 atom stereocenters. The van der Waals surface area contributed by atoms with Crippen LogP contribution in [-0.2, 0) is 11.2 Å². The van der Waals surface area contributed by atoms with Gasteiger partial charge in [-0.1, -0.05) is 24.3 Å². The van der Waals surface area contributed by atoms with Crippen molar-refractivity contribution in [3.05, 3.63) is 78.1 Å². The number of hydrogen-bond acceptors (Lipinski definition) is 6. The van der Waals surface area contributed by atoms with Gasteiger partial charge < -0.3 is 25.1 Å². The second-order valence-corrected chi connectivity index (χ2v) is 7.88. The van der Waals surface area contributed by atoms with Gasteiger partial charge in [0.25, 0.3) is 11.8 Å².